The highest BCUT2D eigenvalue weighted by Crippen LogP contribution is 2.49. The molecule has 1 N–H and O–H groups in total. The first-order valence-electron chi connectivity index (χ1n) is 22.1. The van der Waals surface area contributed by atoms with Gasteiger partial charge in [0.05, 0.1) is 22.8 Å². The van der Waals surface area contributed by atoms with E-state index in [0.717, 1.165) is 36.3 Å². The third-order valence-electron chi connectivity index (χ3n) is 13.3. The van der Waals surface area contributed by atoms with E-state index in [2.05, 4.69) is 251 Å². The summed E-state index contributed by atoms with van der Waals surface area (Å²) in [5.74, 6) is 0.637. The minimum atomic E-state index is -0.464. The van der Waals surface area contributed by atoms with Crippen molar-refractivity contribution >= 4 is 44.6 Å². The van der Waals surface area contributed by atoms with Crippen molar-refractivity contribution in [2.24, 2.45) is 0 Å². The van der Waals surface area contributed by atoms with Crippen LogP contribution in [0.1, 0.15) is 47.4 Å². The third kappa shape index (κ3) is 6.82. The Morgan fingerprint density at radius 3 is 2.00 bits per heavy atom. The summed E-state index contributed by atoms with van der Waals surface area (Å²) in [6.07, 6.45) is 17.3. The van der Waals surface area contributed by atoms with E-state index in [1.165, 1.54) is 55.4 Å². The molecule has 8 aromatic rings. The number of fused-ring (bicyclic) bond motifs is 6. The molecule has 62 heavy (non-hydrogen) atoms. The molecule has 4 nitrogen and oxygen atoms in total. The van der Waals surface area contributed by atoms with E-state index < -0.39 is 5.66 Å². The Morgan fingerprint density at radius 2 is 1.27 bits per heavy atom. The van der Waals surface area contributed by atoms with E-state index in [1.54, 1.807) is 0 Å². The fraction of sp³-hybridized carbons (Fsp3) is 0.138. The first-order valence-corrected chi connectivity index (χ1v) is 22.1. The molecule has 0 saturated carbocycles. The van der Waals surface area contributed by atoms with Gasteiger partial charge in [-0.3, -0.25) is 0 Å². The molecule has 4 heteroatoms. The van der Waals surface area contributed by atoms with Gasteiger partial charge in [-0.15, -0.1) is 0 Å². The van der Waals surface area contributed by atoms with Crippen LogP contribution in [0.3, 0.4) is 0 Å². The van der Waals surface area contributed by atoms with Crippen LogP contribution in [0.4, 0.5) is 17.1 Å². The van der Waals surface area contributed by atoms with Crippen molar-refractivity contribution in [3.8, 4) is 0 Å². The van der Waals surface area contributed by atoms with Crippen molar-refractivity contribution in [2.75, 3.05) is 9.80 Å². The maximum atomic E-state index is 3.94. The highest BCUT2D eigenvalue weighted by Gasteiger charge is 2.45. The quantitative estimate of drug-likeness (QED) is 0.141. The summed E-state index contributed by atoms with van der Waals surface area (Å²) in [5.41, 5.74) is 13.4. The van der Waals surface area contributed by atoms with E-state index in [9.17, 15) is 0 Å². The summed E-state index contributed by atoms with van der Waals surface area (Å²) >= 11 is 0. The maximum absolute atomic E-state index is 3.94. The number of hydrogen-bond acceptors (Lipinski definition) is 3. The van der Waals surface area contributed by atoms with E-state index in [0.29, 0.717) is 5.92 Å². The van der Waals surface area contributed by atoms with Gasteiger partial charge in [-0.25, -0.2) is 0 Å². The number of aromatic nitrogens is 1. The van der Waals surface area contributed by atoms with Gasteiger partial charge in [0.2, 0.25) is 0 Å². The van der Waals surface area contributed by atoms with Crippen LogP contribution in [-0.2, 0) is 12.8 Å². The molecule has 0 fully saturated rings. The molecule has 3 heterocycles. The van der Waals surface area contributed by atoms with Crippen LogP contribution in [0.15, 0.2) is 230 Å². The highest BCUT2D eigenvalue weighted by atomic mass is 15.4. The monoisotopic (exact) mass is 802 g/mol. The van der Waals surface area contributed by atoms with Crippen LogP contribution in [0.25, 0.3) is 27.5 Å². The molecule has 0 saturated heterocycles. The van der Waals surface area contributed by atoms with E-state index in [-0.39, 0.29) is 12.0 Å². The molecule has 0 amide bonds. The zero-order valence-corrected chi connectivity index (χ0v) is 35.1. The molecule has 3 aliphatic rings. The van der Waals surface area contributed by atoms with Crippen LogP contribution in [0.5, 0.6) is 0 Å². The predicted molar refractivity (Wildman–Crippen MR) is 260 cm³/mol. The topological polar surface area (TPSA) is 23.4 Å². The summed E-state index contributed by atoms with van der Waals surface area (Å²) in [4.78, 5) is 4.95. The summed E-state index contributed by atoms with van der Waals surface area (Å²) in [7, 11) is 0. The van der Waals surface area contributed by atoms with Gasteiger partial charge in [0.15, 0.2) is 0 Å². The van der Waals surface area contributed by atoms with E-state index >= 15 is 0 Å². The van der Waals surface area contributed by atoms with Gasteiger partial charge >= 0.3 is 0 Å². The minimum Gasteiger partial charge on any atom is -0.364 e. The first-order chi connectivity index (χ1) is 30.6. The average Bonchev–Trinajstić information content (AvgIpc) is 3.85. The van der Waals surface area contributed by atoms with Crippen LogP contribution in [0, 0.1) is 0 Å². The number of nitrogens with zero attached hydrogens (tertiary/aromatic N) is 3. The highest BCUT2D eigenvalue weighted by molar-refractivity contribution is 6.10. The predicted octanol–water partition coefficient (Wildman–Crippen LogP) is 13.7. The first kappa shape index (κ1) is 37.7. The number of para-hydroxylation sites is 4. The van der Waals surface area contributed by atoms with Gasteiger partial charge in [-0.05, 0) is 121 Å². The fourth-order valence-corrected chi connectivity index (χ4v) is 10.3. The number of allylic oxidation sites excluding steroid dienone is 3. The van der Waals surface area contributed by atoms with Crippen molar-refractivity contribution in [2.45, 2.75) is 49.7 Å². The summed E-state index contributed by atoms with van der Waals surface area (Å²) in [6, 6.07) is 68.5. The molecular formula is C58H50N4. The molecule has 11 rings (SSSR count). The SMILES string of the molecule is CC1(N2c3ccccc3C3C=C(N(c4ccccc4)c4ccccc4)C=CC32)C=CC(n2c3ccccc3c3cc(CCC(Cc4ccccc4)c4ccccc4)ccc32)=CN1. The van der Waals surface area contributed by atoms with Crippen molar-refractivity contribution in [1.82, 2.24) is 9.88 Å². The number of nitrogens with one attached hydrogen (secondary N) is 1. The van der Waals surface area contributed by atoms with Gasteiger partial charge < -0.3 is 19.7 Å². The molecule has 1 aliphatic carbocycles. The number of aryl methyl sites for hydroxylation is 1. The zero-order chi connectivity index (χ0) is 41.5. The fourth-order valence-electron chi connectivity index (χ4n) is 10.3. The molecule has 2 aliphatic heterocycles. The second-order valence-corrected chi connectivity index (χ2v) is 17.1. The van der Waals surface area contributed by atoms with Gasteiger partial charge in [0.25, 0.3) is 0 Å². The van der Waals surface area contributed by atoms with Crippen molar-refractivity contribution in [3.63, 3.8) is 0 Å². The third-order valence-corrected chi connectivity index (χ3v) is 13.3. The Kier molecular flexibility index (Phi) is 9.69. The molecule has 4 unspecified atom stereocenters. The Labute approximate surface area is 365 Å². The lowest BCUT2D eigenvalue weighted by Gasteiger charge is -2.45. The van der Waals surface area contributed by atoms with Crippen LogP contribution >= 0.6 is 0 Å². The van der Waals surface area contributed by atoms with Gasteiger partial charge in [-0.1, -0.05) is 152 Å². The normalized spacial score (nSPS) is 19.4. The number of benzene rings is 7. The van der Waals surface area contributed by atoms with Crippen molar-refractivity contribution < 1.29 is 0 Å². The molecule has 0 spiro atoms. The van der Waals surface area contributed by atoms with Gasteiger partial charge in [0.1, 0.15) is 5.66 Å². The van der Waals surface area contributed by atoms with E-state index in [1.807, 2.05) is 0 Å². The molecule has 0 radical (unpaired) electrons. The molecule has 302 valence electrons. The number of anilines is 3. The Balaban J connectivity index is 0.885. The lowest BCUT2D eigenvalue weighted by Crippen LogP contribution is -2.58. The largest absolute Gasteiger partial charge is 0.364 e. The zero-order valence-electron chi connectivity index (χ0n) is 35.1. The average molecular weight is 803 g/mol. The van der Waals surface area contributed by atoms with E-state index in [4.69, 9.17) is 0 Å². The van der Waals surface area contributed by atoms with Gasteiger partial charge in [0, 0.05) is 45.6 Å². The Hall–Kier alpha value is -7.30. The molecule has 4 atom stereocenters. The lowest BCUT2D eigenvalue weighted by atomic mass is 9.87. The molecule has 7 aromatic carbocycles. The van der Waals surface area contributed by atoms with Crippen molar-refractivity contribution in [3.05, 3.63) is 253 Å². The lowest BCUT2D eigenvalue weighted by molar-refractivity contribution is 0.436. The van der Waals surface area contributed by atoms with Gasteiger partial charge in [-0.2, -0.15) is 0 Å². The second-order valence-electron chi connectivity index (χ2n) is 17.1. The molecular weight excluding hydrogens is 753 g/mol. The number of hydrogen-bond donors (Lipinski definition) is 1. The molecule has 0 bridgehead atoms. The van der Waals surface area contributed by atoms with Crippen molar-refractivity contribution in [1.29, 1.82) is 0 Å². The molecule has 1 aromatic heterocycles. The summed E-state index contributed by atoms with van der Waals surface area (Å²) < 4.78 is 2.43. The minimum absolute atomic E-state index is 0.141. The standard InChI is InChI=1S/C58H50N4/c1-58(62-56-29-17-15-27-51(56)53-40-48(33-35-57(53)62)60(46-22-10-4-11-23-46)47-24-12-5-13-25-47)37-36-49(41-59-58)61-54-28-16-14-26-50(54)52-39-43(31-34-55(52)61)30-32-45(44-20-8-3-9-21-44)38-42-18-6-2-7-19-42/h2-29,31,33-37,39-41,45,53,57,59H,30,32,38H2,1H3. The Bertz CT molecular complexity index is 2960. The second kappa shape index (κ2) is 15.9. The number of rotatable bonds is 11. The van der Waals surface area contributed by atoms with Crippen LogP contribution < -0.4 is 15.1 Å². The van der Waals surface area contributed by atoms with Crippen LogP contribution in [0.2, 0.25) is 0 Å². The number of dihydropyridines is 1. The summed E-state index contributed by atoms with van der Waals surface area (Å²) in [6.45, 7) is 2.31. The maximum Gasteiger partial charge on any atom is 0.127 e. The summed E-state index contributed by atoms with van der Waals surface area (Å²) in [5, 5.41) is 6.51. The Morgan fingerprint density at radius 1 is 0.629 bits per heavy atom. The smallest absolute Gasteiger partial charge is 0.127 e. The van der Waals surface area contributed by atoms with Crippen LogP contribution in [-0.4, -0.2) is 16.3 Å².